The van der Waals surface area contributed by atoms with E-state index in [4.69, 9.17) is 0 Å². The Morgan fingerprint density at radius 1 is 1.00 bits per heavy atom. The second kappa shape index (κ2) is 5.25. The van der Waals surface area contributed by atoms with Gasteiger partial charge in [-0.1, -0.05) is 30.3 Å². The SMILES string of the molecule is C1COO1.Pc1ccccc1. The molecule has 0 saturated carbocycles. The van der Waals surface area contributed by atoms with Crippen molar-refractivity contribution in [1.29, 1.82) is 0 Å². The minimum absolute atomic E-state index is 0.778. The van der Waals surface area contributed by atoms with E-state index in [2.05, 4.69) is 19.0 Å². The van der Waals surface area contributed by atoms with Gasteiger partial charge in [0.25, 0.3) is 0 Å². The molecule has 1 aromatic rings. The molecular weight excluding hydrogens is 159 g/mol. The van der Waals surface area contributed by atoms with Crippen molar-refractivity contribution in [3.63, 3.8) is 0 Å². The van der Waals surface area contributed by atoms with Crippen LogP contribution in [0.5, 0.6) is 0 Å². The van der Waals surface area contributed by atoms with Gasteiger partial charge in [-0.3, -0.25) is 0 Å². The van der Waals surface area contributed by atoms with Crippen LogP contribution in [0, 0.1) is 0 Å². The van der Waals surface area contributed by atoms with Gasteiger partial charge in [-0.2, -0.15) is 0 Å². The fraction of sp³-hybridized carbons (Fsp3) is 0.250. The van der Waals surface area contributed by atoms with Crippen LogP contribution in [-0.2, 0) is 9.78 Å². The summed E-state index contributed by atoms with van der Waals surface area (Å²) in [5, 5.41) is 1.24. The molecule has 60 valence electrons. The first kappa shape index (κ1) is 8.66. The number of benzene rings is 1. The predicted octanol–water partition coefficient (Wildman–Crippen LogP) is 1.14. The van der Waals surface area contributed by atoms with Gasteiger partial charge < -0.3 is 0 Å². The molecule has 0 aliphatic carbocycles. The topological polar surface area (TPSA) is 18.5 Å². The highest BCUT2D eigenvalue weighted by atomic mass is 31.0. The highest BCUT2D eigenvalue weighted by Gasteiger charge is 1.95. The Bertz CT molecular complexity index is 181. The van der Waals surface area contributed by atoms with Crippen LogP contribution >= 0.6 is 9.24 Å². The van der Waals surface area contributed by atoms with Crippen molar-refractivity contribution >= 4 is 14.5 Å². The third-order valence-corrected chi connectivity index (χ3v) is 1.52. The molecule has 1 aliphatic rings. The normalized spacial score (nSPS) is 14.3. The Labute approximate surface area is 68.6 Å². The second-order valence-electron chi connectivity index (χ2n) is 2.05. The molecule has 1 saturated heterocycles. The molecule has 11 heavy (non-hydrogen) atoms. The van der Waals surface area contributed by atoms with E-state index in [9.17, 15) is 0 Å². The molecule has 1 fully saturated rings. The molecule has 1 unspecified atom stereocenters. The van der Waals surface area contributed by atoms with Gasteiger partial charge in [0.05, 0.1) is 0 Å². The second-order valence-corrected chi connectivity index (χ2v) is 2.72. The monoisotopic (exact) mass is 170 g/mol. The fourth-order valence-electron chi connectivity index (χ4n) is 0.536. The van der Waals surface area contributed by atoms with Crippen LogP contribution < -0.4 is 5.30 Å². The molecule has 0 amide bonds. The Balaban J connectivity index is 0.000000128. The first-order chi connectivity index (χ1) is 5.39. The number of rotatable bonds is 0. The summed E-state index contributed by atoms with van der Waals surface area (Å²) >= 11 is 0. The lowest BCUT2D eigenvalue weighted by Gasteiger charge is -2.08. The number of hydrogen-bond donors (Lipinski definition) is 0. The smallest absolute Gasteiger partial charge is 0.109 e. The van der Waals surface area contributed by atoms with E-state index in [-0.39, 0.29) is 0 Å². The Morgan fingerprint density at radius 3 is 1.64 bits per heavy atom. The van der Waals surface area contributed by atoms with Crippen LogP contribution in [0.1, 0.15) is 0 Å². The Kier molecular flexibility index (Phi) is 4.14. The third kappa shape index (κ3) is 4.10. The zero-order chi connectivity index (χ0) is 7.94. The summed E-state index contributed by atoms with van der Waals surface area (Å²) in [5.41, 5.74) is 0. The summed E-state index contributed by atoms with van der Waals surface area (Å²) in [6, 6.07) is 10.1. The molecule has 1 aliphatic heterocycles. The quantitative estimate of drug-likeness (QED) is 0.429. The summed E-state index contributed by atoms with van der Waals surface area (Å²) in [6.07, 6.45) is 0. The maximum atomic E-state index is 4.22. The van der Waals surface area contributed by atoms with Crippen LogP contribution in [0.3, 0.4) is 0 Å². The molecule has 1 heterocycles. The average molecular weight is 170 g/mol. The number of hydrogen-bond acceptors (Lipinski definition) is 2. The average Bonchev–Trinajstić information content (AvgIpc) is 1.85. The molecule has 0 N–H and O–H groups in total. The third-order valence-electron chi connectivity index (χ3n) is 1.13. The maximum absolute atomic E-state index is 4.22. The molecule has 1 atom stereocenters. The zero-order valence-corrected chi connectivity index (χ0v) is 7.35. The van der Waals surface area contributed by atoms with Gasteiger partial charge in [0.15, 0.2) is 0 Å². The van der Waals surface area contributed by atoms with Crippen molar-refractivity contribution in [2.24, 2.45) is 0 Å². The first-order valence-electron chi connectivity index (χ1n) is 3.44. The maximum Gasteiger partial charge on any atom is 0.109 e. The van der Waals surface area contributed by atoms with Gasteiger partial charge in [-0.05, 0) is 5.30 Å². The van der Waals surface area contributed by atoms with Crippen molar-refractivity contribution in [2.45, 2.75) is 0 Å². The molecule has 0 bridgehead atoms. The van der Waals surface area contributed by atoms with Crippen LogP contribution in [0.15, 0.2) is 30.3 Å². The summed E-state index contributed by atoms with van der Waals surface area (Å²) in [5.74, 6) is 0. The Hall–Kier alpha value is -0.430. The highest BCUT2D eigenvalue weighted by molar-refractivity contribution is 7.27. The predicted molar refractivity (Wildman–Crippen MR) is 47.7 cm³/mol. The van der Waals surface area contributed by atoms with E-state index in [1.807, 2.05) is 30.3 Å². The largest absolute Gasteiger partial charge is 0.234 e. The van der Waals surface area contributed by atoms with Crippen molar-refractivity contribution in [1.82, 2.24) is 0 Å². The van der Waals surface area contributed by atoms with Crippen molar-refractivity contribution < 1.29 is 9.78 Å². The van der Waals surface area contributed by atoms with Gasteiger partial charge in [-0.25, -0.2) is 9.78 Å². The van der Waals surface area contributed by atoms with E-state index < -0.39 is 0 Å². The van der Waals surface area contributed by atoms with Crippen molar-refractivity contribution in [2.75, 3.05) is 13.2 Å². The van der Waals surface area contributed by atoms with Gasteiger partial charge in [0.1, 0.15) is 13.2 Å². The lowest BCUT2D eigenvalue weighted by Crippen LogP contribution is -2.14. The summed E-state index contributed by atoms with van der Waals surface area (Å²) in [7, 11) is 2.63. The lowest BCUT2D eigenvalue weighted by atomic mass is 10.4. The van der Waals surface area contributed by atoms with E-state index in [1.165, 1.54) is 5.30 Å². The van der Waals surface area contributed by atoms with Crippen molar-refractivity contribution in [3.05, 3.63) is 30.3 Å². The van der Waals surface area contributed by atoms with Crippen LogP contribution in [0.4, 0.5) is 0 Å². The standard InChI is InChI=1S/C6H7P.C2H4O2/c7-6-4-2-1-3-5-6;1-2-4-3-1/h1-5H,7H2;1-2H2. The minimum Gasteiger partial charge on any atom is -0.234 e. The van der Waals surface area contributed by atoms with Gasteiger partial charge >= 0.3 is 0 Å². The van der Waals surface area contributed by atoms with E-state index in [1.54, 1.807) is 0 Å². The zero-order valence-electron chi connectivity index (χ0n) is 6.19. The van der Waals surface area contributed by atoms with E-state index in [0.29, 0.717) is 0 Å². The molecule has 2 rings (SSSR count). The minimum atomic E-state index is 0.778. The van der Waals surface area contributed by atoms with E-state index >= 15 is 0 Å². The summed E-state index contributed by atoms with van der Waals surface area (Å²) in [6.45, 7) is 1.56. The fourth-order valence-corrected chi connectivity index (χ4v) is 0.759. The van der Waals surface area contributed by atoms with Crippen LogP contribution in [0.2, 0.25) is 0 Å². The van der Waals surface area contributed by atoms with Gasteiger partial charge in [-0.15, -0.1) is 9.24 Å². The Morgan fingerprint density at radius 2 is 1.45 bits per heavy atom. The molecule has 0 radical (unpaired) electrons. The summed E-state index contributed by atoms with van der Waals surface area (Å²) in [4.78, 5) is 8.44. The molecule has 0 aromatic heterocycles. The molecule has 1 aromatic carbocycles. The van der Waals surface area contributed by atoms with Crippen molar-refractivity contribution in [3.8, 4) is 0 Å². The molecule has 3 heteroatoms. The molecule has 2 nitrogen and oxygen atoms in total. The highest BCUT2D eigenvalue weighted by Crippen LogP contribution is 1.87. The first-order valence-corrected chi connectivity index (χ1v) is 4.02. The van der Waals surface area contributed by atoms with Gasteiger partial charge in [0.2, 0.25) is 0 Å². The van der Waals surface area contributed by atoms with Crippen LogP contribution in [-0.4, -0.2) is 13.2 Å². The molecular formula is C8H11O2P. The van der Waals surface area contributed by atoms with Gasteiger partial charge in [0, 0.05) is 0 Å². The van der Waals surface area contributed by atoms with E-state index in [0.717, 1.165) is 13.2 Å². The summed E-state index contributed by atoms with van der Waals surface area (Å²) < 4.78 is 0. The lowest BCUT2D eigenvalue weighted by molar-refractivity contribution is -0.382. The van der Waals surface area contributed by atoms with Crippen LogP contribution in [0.25, 0.3) is 0 Å². The molecule has 0 spiro atoms.